The van der Waals surface area contributed by atoms with Gasteiger partial charge < -0.3 is 20.5 Å². The normalized spacial score (nSPS) is 28.3. The number of hydrazine groups is 1. The van der Waals surface area contributed by atoms with E-state index in [2.05, 4.69) is 46.4 Å². The van der Waals surface area contributed by atoms with Gasteiger partial charge in [0.05, 0.1) is 12.1 Å². The number of nitrogens with zero attached hydrogens (tertiary/aromatic N) is 1. The molecule has 0 spiro atoms. The molecule has 3 amide bonds. The second-order valence-corrected chi connectivity index (χ2v) is 13.9. The van der Waals surface area contributed by atoms with E-state index in [-0.39, 0.29) is 60.2 Å². The molecule has 4 N–H and O–H groups in total. The highest BCUT2D eigenvalue weighted by Gasteiger charge is 2.37. The van der Waals surface area contributed by atoms with E-state index in [1.54, 1.807) is 31.4 Å². The van der Waals surface area contributed by atoms with Gasteiger partial charge in [0.2, 0.25) is 11.8 Å². The van der Waals surface area contributed by atoms with Crippen molar-refractivity contribution in [2.45, 2.75) is 96.4 Å². The summed E-state index contributed by atoms with van der Waals surface area (Å²) in [7, 11) is 1.61. The molecule has 0 radical (unpaired) electrons. The number of aromatic hydroxyl groups is 1. The zero-order chi connectivity index (χ0) is 34.4. The summed E-state index contributed by atoms with van der Waals surface area (Å²) in [5.41, 5.74) is 7.20. The van der Waals surface area contributed by atoms with Crippen LogP contribution in [-0.4, -0.2) is 65.5 Å². The second kappa shape index (κ2) is 15.9. The van der Waals surface area contributed by atoms with Crippen LogP contribution in [0.2, 0.25) is 0 Å². The van der Waals surface area contributed by atoms with Gasteiger partial charge in [-0.15, -0.1) is 0 Å². The van der Waals surface area contributed by atoms with Crippen LogP contribution in [0.3, 0.4) is 0 Å². The lowest BCUT2D eigenvalue weighted by atomic mass is 9.84. The largest absolute Gasteiger partial charge is 0.508 e. The lowest BCUT2D eigenvalue weighted by Crippen LogP contribution is -2.62. The summed E-state index contributed by atoms with van der Waals surface area (Å²) in [6.45, 7) is 6.03. The number of carbonyl (C=O) groups excluding carboxylic acids is 4. The number of ether oxygens (including phenoxy) is 1. The molecule has 0 saturated carbocycles. The van der Waals surface area contributed by atoms with E-state index in [9.17, 15) is 24.3 Å². The van der Waals surface area contributed by atoms with Crippen molar-refractivity contribution in [2.75, 3.05) is 13.7 Å². The van der Waals surface area contributed by atoms with Crippen molar-refractivity contribution in [3.05, 3.63) is 70.8 Å². The van der Waals surface area contributed by atoms with Gasteiger partial charge in [-0.25, -0.2) is 5.43 Å². The minimum atomic E-state index is -0.987. The smallest absolute Gasteiger partial charge is 0.259 e. The van der Waals surface area contributed by atoms with Crippen molar-refractivity contribution >= 4 is 29.6 Å². The number of amides is 3. The van der Waals surface area contributed by atoms with Gasteiger partial charge in [-0.05, 0) is 84.9 Å². The molecule has 2 heterocycles. The van der Waals surface area contributed by atoms with Crippen LogP contribution in [0.15, 0.2) is 48.5 Å². The van der Waals surface area contributed by atoms with Gasteiger partial charge >= 0.3 is 0 Å². The molecule has 2 aromatic rings. The van der Waals surface area contributed by atoms with Gasteiger partial charge in [-0.3, -0.25) is 24.2 Å². The summed E-state index contributed by atoms with van der Waals surface area (Å²) in [5.74, 6) is -2.18. The molecule has 1 fully saturated rings. The number of phenols is 1. The topological polar surface area (TPSA) is 137 Å². The van der Waals surface area contributed by atoms with Gasteiger partial charge in [0, 0.05) is 38.3 Å². The molecule has 5 rings (SSSR count). The Morgan fingerprint density at radius 3 is 2.54 bits per heavy atom. The third-order valence-corrected chi connectivity index (χ3v) is 10.2. The summed E-state index contributed by atoms with van der Waals surface area (Å²) in [5, 5.41) is 17.7. The van der Waals surface area contributed by atoms with E-state index >= 15 is 0 Å². The van der Waals surface area contributed by atoms with Crippen molar-refractivity contribution < 1.29 is 29.0 Å². The summed E-state index contributed by atoms with van der Waals surface area (Å²) >= 11 is 0. The number of methoxy groups -OCH3 is 1. The van der Waals surface area contributed by atoms with E-state index < -0.39 is 23.9 Å². The maximum absolute atomic E-state index is 14.1. The molecule has 1 saturated heterocycles. The zero-order valence-corrected chi connectivity index (χ0v) is 28.5. The number of Topliss-reactive ketones (excluding diaryl/α,β-unsaturated/α-hetero) is 1. The van der Waals surface area contributed by atoms with Crippen molar-refractivity contribution in [2.24, 2.45) is 17.8 Å². The number of nitrogens with one attached hydrogen (secondary N) is 3. The van der Waals surface area contributed by atoms with Crippen molar-refractivity contribution in [3.63, 3.8) is 0 Å². The third-order valence-electron chi connectivity index (χ3n) is 10.2. The number of fused-ring (bicyclic) bond motifs is 3. The lowest BCUT2D eigenvalue weighted by Gasteiger charge is -2.36. The minimum Gasteiger partial charge on any atom is -0.508 e. The number of hydrogen-bond donors (Lipinski definition) is 4. The van der Waals surface area contributed by atoms with E-state index in [4.69, 9.17) is 4.74 Å². The van der Waals surface area contributed by atoms with Crippen molar-refractivity contribution in [1.82, 2.24) is 21.1 Å². The van der Waals surface area contributed by atoms with Crippen LogP contribution in [0.4, 0.5) is 0 Å². The Bertz CT molecular complexity index is 1520. The van der Waals surface area contributed by atoms with Crippen LogP contribution < -0.4 is 16.1 Å². The first-order chi connectivity index (χ1) is 23.0. The van der Waals surface area contributed by atoms with Crippen LogP contribution in [-0.2, 0) is 36.8 Å². The Morgan fingerprint density at radius 1 is 0.979 bits per heavy atom. The SMILES string of the molecule is CO[C@@H]1CC/C=C/c2ccc3c(c2)[C@@H](CC3)NC(=O)[C@@H]2CCCN(N2)C(=O)[C@H](Cc2cccc(O)c2)NC(=O)[C@H](C(C)C)CC(=O)[C@@H]1C. The van der Waals surface area contributed by atoms with Crippen LogP contribution in [0.1, 0.15) is 87.6 Å². The Balaban J connectivity index is 1.46. The molecule has 2 aromatic carbocycles. The van der Waals surface area contributed by atoms with E-state index in [1.165, 1.54) is 10.6 Å². The van der Waals surface area contributed by atoms with E-state index in [1.807, 2.05) is 20.8 Å². The fourth-order valence-corrected chi connectivity index (χ4v) is 7.16. The predicted octanol–water partition coefficient (Wildman–Crippen LogP) is 4.41. The first kappa shape index (κ1) is 35.3. The molecule has 0 aromatic heterocycles. The fraction of sp³-hybridized carbons (Fsp3) is 0.526. The van der Waals surface area contributed by atoms with Gasteiger partial charge in [-0.1, -0.05) is 57.2 Å². The molecule has 2 aliphatic heterocycles. The molecule has 258 valence electrons. The lowest BCUT2D eigenvalue weighted by molar-refractivity contribution is -0.144. The highest BCUT2D eigenvalue weighted by molar-refractivity contribution is 5.92. The first-order valence-electron chi connectivity index (χ1n) is 17.3. The number of carbonyl (C=O) groups is 4. The summed E-state index contributed by atoms with van der Waals surface area (Å²) in [6.07, 6.45) is 8.22. The third kappa shape index (κ3) is 8.52. The Hall–Kier alpha value is -4.02. The average Bonchev–Trinajstić information content (AvgIpc) is 3.47. The molecule has 6 atom stereocenters. The monoisotopic (exact) mass is 658 g/mol. The minimum absolute atomic E-state index is 0.0217. The molecule has 0 unspecified atom stereocenters. The standard InChI is InChI=1S/C38H50N4O6/c1-23(2)29-22-34(44)24(3)35(48-4)13-6-5-9-25-14-15-27-16-17-31(30(27)20-25)39-37(46)32-12-8-18-42(41-32)38(47)33(40-36(29)45)21-26-10-7-11-28(43)19-26/h5,7,9-11,14-15,19-20,23-24,29,31-33,35,41,43H,6,8,12-13,16-18,21-22H2,1-4H3,(H,39,46)(H,40,45)/b9-5+/t24-,29-,31+,32-,33-,35+/m0/s1. The number of rotatable bonds is 4. The molecule has 4 bridgehead atoms. The number of benzene rings is 2. The number of aryl methyl sites for hydroxylation is 1. The molecule has 1 aliphatic carbocycles. The molecule has 3 aliphatic rings. The van der Waals surface area contributed by atoms with Gasteiger partial charge in [0.25, 0.3) is 5.91 Å². The molecule has 10 nitrogen and oxygen atoms in total. The van der Waals surface area contributed by atoms with Crippen molar-refractivity contribution in [3.8, 4) is 5.75 Å². The zero-order valence-electron chi connectivity index (χ0n) is 28.5. The van der Waals surface area contributed by atoms with Gasteiger partial charge in [0.15, 0.2) is 0 Å². The second-order valence-electron chi connectivity index (χ2n) is 13.9. The number of ketones is 1. The number of phenolic OH excluding ortho intramolecular Hbond substituents is 1. The fourth-order valence-electron chi connectivity index (χ4n) is 7.16. The molecule has 48 heavy (non-hydrogen) atoms. The number of hydrogen-bond acceptors (Lipinski definition) is 7. The first-order valence-corrected chi connectivity index (χ1v) is 17.3. The number of allylic oxidation sites excluding steroid dienone is 1. The van der Waals surface area contributed by atoms with Crippen LogP contribution in [0, 0.1) is 17.8 Å². The molecular formula is C38H50N4O6. The Labute approximate surface area is 283 Å². The summed E-state index contributed by atoms with van der Waals surface area (Å²) in [4.78, 5) is 55.2. The van der Waals surface area contributed by atoms with Gasteiger partial charge in [-0.2, -0.15) is 0 Å². The predicted molar refractivity (Wildman–Crippen MR) is 183 cm³/mol. The van der Waals surface area contributed by atoms with Crippen LogP contribution in [0.5, 0.6) is 5.75 Å². The molecule has 10 heteroatoms. The molecular weight excluding hydrogens is 608 g/mol. The van der Waals surface area contributed by atoms with Crippen molar-refractivity contribution in [1.29, 1.82) is 0 Å². The van der Waals surface area contributed by atoms with E-state index in [0.717, 1.165) is 24.0 Å². The van der Waals surface area contributed by atoms with Gasteiger partial charge in [0.1, 0.15) is 23.6 Å². The highest BCUT2D eigenvalue weighted by atomic mass is 16.5. The Kier molecular flexibility index (Phi) is 11.7. The quantitative estimate of drug-likeness (QED) is 0.382. The highest BCUT2D eigenvalue weighted by Crippen LogP contribution is 2.33. The summed E-state index contributed by atoms with van der Waals surface area (Å²) in [6, 6.07) is 11.2. The average molecular weight is 659 g/mol. The maximum atomic E-state index is 14.1. The summed E-state index contributed by atoms with van der Waals surface area (Å²) < 4.78 is 5.76. The maximum Gasteiger partial charge on any atom is 0.259 e. The van der Waals surface area contributed by atoms with E-state index in [0.29, 0.717) is 37.8 Å². The van der Waals surface area contributed by atoms with Crippen LogP contribution in [0.25, 0.3) is 6.08 Å². The van der Waals surface area contributed by atoms with Crippen LogP contribution >= 0.6 is 0 Å². The Morgan fingerprint density at radius 2 is 1.79 bits per heavy atom.